The Bertz CT molecular complexity index is 180. The Labute approximate surface area is 95.8 Å². The van der Waals surface area contributed by atoms with Gasteiger partial charge in [-0.25, -0.2) is 0 Å². The predicted molar refractivity (Wildman–Crippen MR) is 66.9 cm³/mol. The maximum absolute atomic E-state index is 2.50. The van der Waals surface area contributed by atoms with Crippen LogP contribution < -0.4 is 0 Å². The highest BCUT2D eigenvalue weighted by Crippen LogP contribution is 2.45. The van der Waals surface area contributed by atoms with E-state index in [-0.39, 0.29) is 0 Å². The molecule has 0 amide bonds. The Kier molecular flexibility index (Phi) is 3.74. The molecular weight excluding hydrogens is 180 g/mol. The molecule has 0 N–H and O–H groups in total. The zero-order valence-electron chi connectivity index (χ0n) is 10.7. The summed E-state index contributed by atoms with van der Waals surface area (Å²) in [6, 6.07) is 0. The number of rotatable bonds is 2. The molecule has 0 heteroatoms. The van der Waals surface area contributed by atoms with E-state index in [1.807, 2.05) is 0 Å². The van der Waals surface area contributed by atoms with Gasteiger partial charge in [-0.05, 0) is 42.9 Å². The molecule has 0 nitrogen and oxygen atoms in total. The summed E-state index contributed by atoms with van der Waals surface area (Å²) in [7, 11) is 0. The molecule has 0 radical (unpaired) electrons. The molecule has 0 aromatic heterocycles. The van der Waals surface area contributed by atoms with Gasteiger partial charge in [0.1, 0.15) is 0 Å². The van der Waals surface area contributed by atoms with Crippen molar-refractivity contribution >= 4 is 0 Å². The lowest BCUT2D eigenvalue weighted by Gasteiger charge is -2.40. The Morgan fingerprint density at radius 3 is 1.93 bits per heavy atom. The minimum atomic E-state index is 0.700. The molecule has 0 spiro atoms. The van der Waals surface area contributed by atoms with E-state index in [9.17, 15) is 0 Å². The predicted octanol–water partition coefficient (Wildman–Crippen LogP) is 5.17. The molecule has 2 rings (SSSR count). The minimum absolute atomic E-state index is 0.700. The average Bonchev–Trinajstić information content (AvgIpc) is 2.31. The van der Waals surface area contributed by atoms with Gasteiger partial charge in [0.15, 0.2) is 0 Å². The summed E-state index contributed by atoms with van der Waals surface area (Å²) in [5, 5.41) is 0. The third kappa shape index (κ3) is 2.77. The van der Waals surface area contributed by atoms with Crippen LogP contribution in [0.15, 0.2) is 0 Å². The van der Waals surface area contributed by atoms with E-state index in [0.717, 1.165) is 11.8 Å². The highest BCUT2D eigenvalue weighted by Gasteiger charge is 2.33. The van der Waals surface area contributed by atoms with Crippen LogP contribution >= 0.6 is 0 Å². The van der Waals surface area contributed by atoms with Crippen molar-refractivity contribution in [3.63, 3.8) is 0 Å². The lowest BCUT2D eigenvalue weighted by molar-refractivity contribution is 0.111. The zero-order chi connectivity index (χ0) is 10.7. The topological polar surface area (TPSA) is 0 Å². The summed E-state index contributed by atoms with van der Waals surface area (Å²) in [6.07, 6.45) is 15.1. The highest BCUT2D eigenvalue weighted by molar-refractivity contribution is 4.84. The SMILES string of the molecule is CCC1(C)CCC(C2CCCCC2)CC1. The first-order valence-electron chi connectivity index (χ1n) is 7.23. The normalized spacial score (nSPS) is 39.2. The van der Waals surface area contributed by atoms with Gasteiger partial charge in [0.2, 0.25) is 0 Å². The Morgan fingerprint density at radius 2 is 1.40 bits per heavy atom. The quantitative estimate of drug-likeness (QED) is 0.587. The lowest BCUT2D eigenvalue weighted by Crippen LogP contribution is -2.28. The molecule has 0 aliphatic heterocycles. The fourth-order valence-electron chi connectivity index (χ4n) is 3.77. The van der Waals surface area contributed by atoms with Crippen LogP contribution in [-0.2, 0) is 0 Å². The molecule has 0 atom stereocenters. The molecule has 0 unspecified atom stereocenters. The van der Waals surface area contributed by atoms with Crippen molar-refractivity contribution in [2.24, 2.45) is 17.3 Å². The first-order valence-corrected chi connectivity index (χ1v) is 7.23. The van der Waals surface area contributed by atoms with Crippen molar-refractivity contribution in [3.05, 3.63) is 0 Å². The van der Waals surface area contributed by atoms with Gasteiger partial charge < -0.3 is 0 Å². The van der Waals surface area contributed by atoms with Crippen molar-refractivity contribution in [1.82, 2.24) is 0 Å². The van der Waals surface area contributed by atoms with E-state index in [1.54, 1.807) is 12.8 Å². The third-order valence-electron chi connectivity index (χ3n) is 5.41. The monoisotopic (exact) mass is 208 g/mol. The van der Waals surface area contributed by atoms with Crippen LogP contribution in [0.3, 0.4) is 0 Å². The molecule has 0 bridgehead atoms. The number of hydrogen-bond acceptors (Lipinski definition) is 0. The molecule has 2 aliphatic rings. The molecule has 2 fully saturated rings. The summed E-state index contributed by atoms with van der Waals surface area (Å²) in [4.78, 5) is 0. The van der Waals surface area contributed by atoms with E-state index in [0.29, 0.717) is 5.41 Å². The molecule has 0 heterocycles. The second-order valence-corrected chi connectivity index (χ2v) is 6.40. The molecule has 2 aliphatic carbocycles. The minimum Gasteiger partial charge on any atom is -0.0649 e. The van der Waals surface area contributed by atoms with Crippen molar-refractivity contribution < 1.29 is 0 Å². The fourth-order valence-corrected chi connectivity index (χ4v) is 3.77. The van der Waals surface area contributed by atoms with Gasteiger partial charge in [-0.15, -0.1) is 0 Å². The van der Waals surface area contributed by atoms with Crippen molar-refractivity contribution in [2.45, 2.75) is 78.1 Å². The van der Waals surface area contributed by atoms with Crippen molar-refractivity contribution in [2.75, 3.05) is 0 Å². The Balaban J connectivity index is 1.82. The van der Waals surface area contributed by atoms with Crippen LogP contribution in [0.25, 0.3) is 0 Å². The molecule has 2 saturated carbocycles. The van der Waals surface area contributed by atoms with Crippen LogP contribution in [0.2, 0.25) is 0 Å². The molecular formula is C15H28. The van der Waals surface area contributed by atoms with E-state index < -0.39 is 0 Å². The van der Waals surface area contributed by atoms with E-state index >= 15 is 0 Å². The van der Waals surface area contributed by atoms with Crippen LogP contribution in [0.1, 0.15) is 78.1 Å². The van der Waals surface area contributed by atoms with Gasteiger partial charge in [0.25, 0.3) is 0 Å². The third-order valence-corrected chi connectivity index (χ3v) is 5.41. The lowest BCUT2D eigenvalue weighted by atomic mass is 9.65. The van der Waals surface area contributed by atoms with Gasteiger partial charge in [-0.2, -0.15) is 0 Å². The summed E-state index contributed by atoms with van der Waals surface area (Å²) < 4.78 is 0. The number of hydrogen-bond donors (Lipinski definition) is 0. The first kappa shape index (κ1) is 11.5. The summed E-state index contributed by atoms with van der Waals surface area (Å²) in [6.45, 7) is 4.88. The van der Waals surface area contributed by atoms with E-state index in [2.05, 4.69) is 13.8 Å². The smallest absolute Gasteiger partial charge is 0.0328 e. The van der Waals surface area contributed by atoms with Crippen LogP contribution in [0.4, 0.5) is 0 Å². The maximum atomic E-state index is 2.50. The van der Waals surface area contributed by atoms with E-state index in [1.165, 1.54) is 51.4 Å². The molecule has 15 heavy (non-hydrogen) atoms. The van der Waals surface area contributed by atoms with Gasteiger partial charge in [-0.3, -0.25) is 0 Å². The first-order chi connectivity index (χ1) is 7.23. The summed E-state index contributed by atoms with van der Waals surface area (Å²) >= 11 is 0. The Morgan fingerprint density at radius 1 is 0.867 bits per heavy atom. The highest BCUT2D eigenvalue weighted by atomic mass is 14.4. The largest absolute Gasteiger partial charge is 0.0649 e. The van der Waals surface area contributed by atoms with Crippen LogP contribution in [-0.4, -0.2) is 0 Å². The maximum Gasteiger partial charge on any atom is -0.0328 e. The van der Waals surface area contributed by atoms with Gasteiger partial charge in [0, 0.05) is 0 Å². The van der Waals surface area contributed by atoms with Crippen molar-refractivity contribution in [1.29, 1.82) is 0 Å². The molecule has 88 valence electrons. The van der Waals surface area contributed by atoms with Crippen LogP contribution in [0.5, 0.6) is 0 Å². The fraction of sp³-hybridized carbons (Fsp3) is 1.00. The average molecular weight is 208 g/mol. The van der Waals surface area contributed by atoms with Gasteiger partial charge in [-0.1, -0.05) is 52.4 Å². The standard InChI is InChI=1S/C15H28/c1-3-15(2)11-9-14(10-12-15)13-7-5-4-6-8-13/h13-14H,3-12H2,1-2H3. The zero-order valence-corrected chi connectivity index (χ0v) is 10.7. The van der Waals surface area contributed by atoms with Crippen LogP contribution in [0, 0.1) is 17.3 Å². The molecule has 0 saturated heterocycles. The molecule has 0 aromatic carbocycles. The second kappa shape index (κ2) is 4.89. The van der Waals surface area contributed by atoms with Gasteiger partial charge >= 0.3 is 0 Å². The Hall–Kier alpha value is 0. The van der Waals surface area contributed by atoms with Crippen molar-refractivity contribution in [3.8, 4) is 0 Å². The second-order valence-electron chi connectivity index (χ2n) is 6.40. The summed E-state index contributed by atoms with van der Waals surface area (Å²) in [5.41, 5.74) is 0.700. The van der Waals surface area contributed by atoms with E-state index in [4.69, 9.17) is 0 Å². The molecule has 0 aromatic rings. The summed E-state index contributed by atoms with van der Waals surface area (Å²) in [5.74, 6) is 2.21. The van der Waals surface area contributed by atoms with Gasteiger partial charge in [0.05, 0.1) is 0 Å².